The first kappa shape index (κ1) is 12.8. The maximum atomic E-state index is 5.40. The average Bonchev–Trinajstić information content (AvgIpc) is 2.37. The van der Waals surface area contributed by atoms with E-state index in [1.165, 1.54) is 5.39 Å². The van der Waals surface area contributed by atoms with E-state index in [-0.39, 0.29) is 6.04 Å². The van der Waals surface area contributed by atoms with Crippen LogP contribution >= 0.6 is 0 Å². The van der Waals surface area contributed by atoms with Gasteiger partial charge in [0.2, 0.25) is 0 Å². The number of hydrogen-bond donors (Lipinski definition) is 1. The van der Waals surface area contributed by atoms with Crippen LogP contribution in [0.25, 0.3) is 10.9 Å². The summed E-state index contributed by atoms with van der Waals surface area (Å²) < 4.78 is 5.40. The molecular weight excluding hydrogens is 224 g/mol. The molecule has 0 saturated heterocycles. The predicted molar refractivity (Wildman–Crippen MR) is 76.1 cm³/mol. The molecule has 96 valence electrons. The minimum atomic E-state index is 0.261. The Balaban J connectivity index is 2.19. The molecule has 18 heavy (non-hydrogen) atoms. The highest BCUT2D eigenvalue weighted by atomic mass is 16.5. The van der Waals surface area contributed by atoms with Gasteiger partial charge in [-0.05, 0) is 38.5 Å². The maximum Gasteiger partial charge on any atom is 0.129 e. The summed E-state index contributed by atoms with van der Waals surface area (Å²) in [6, 6.07) is 10.6. The van der Waals surface area contributed by atoms with Crippen LogP contribution in [-0.2, 0) is 4.74 Å². The molecule has 0 fully saturated rings. The number of ether oxygens (including phenoxy) is 1. The Hall–Kier alpha value is -1.61. The molecule has 1 aromatic carbocycles. The van der Waals surface area contributed by atoms with E-state index in [9.17, 15) is 0 Å². The van der Waals surface area contributed by atoms with E-state index in [2.05, 4.69) is 36.3 Å². The monoisotopic (exact) mass is 244 g/mol. The number of aryl methyl sites for hydroxylation is 1. The molecule has 0 amide bonds. The Morgan fingerprint density at radius 3 is 2.89 bits per heavy atom. The molecule has 0 bridgehead atoms. The molecule has 0 radical (unpaired) electrons. The highest BCUT2D eigenvalue weighted by Crippen LogP contribution is 2.20. The van der Waals surface area contributed by atoms with Crippen LogP contribution in [0.15, 0.2) is 30.3 Å². The second-order valence-electron chi connectivity index (χ2n) is 4.55. The highest BCUT2D eigenvalue weighted by Gasteiger charge is 2.07. The molecule has 2 aromatic rings. The van der Waals surface area contributed by atoms with Gasteiger partial charge in [0.05, 0.1) is 12.1 Å². The highest BCUT2D eigenvalue weighted by molar-refractivity contribution is 5.81. The summed E-state index contributed by atoms with van der Waals surface area (Å²) in [5.74, 6) is 0.945. The molecule has 1 aromatic heterocycles. The number of nitrogens with zero attached hydrogens (tertiary/aromatic N) is 1. The molecule has 2 rings (SSSR count). The van der Waals surface area contributed by atoms with Gasteiger partial charge >= 0.3 is 0 Å². The summed E-state index contributed by atoms with van der Waals surface area (Å²) in [6.07, 6.45) is 0. The molecule has 0 saturated carbocycles. The molecule has 3 heteroatoms. The number of fused-ring (bicyclic) bond motifs is 1. The molecule has 1 unspecified atom stereocenters. The number of benzene rings is 1. The lowest BCUT2D eigenvalue weighted by Gasteiger charge is -2.16. The van der Waals surface area contributed by atoms with Crippen LogP contribution in [0.4, 0.5) is 5.82 Å². The zero-order valence-corrected chi connectivity index (χ0v) is 11.2. The molecule has 0 aliphatic rings. The van der Waals surface area contributed by atoms with Gasteiger partial charge in [0.1, 0.15) is 5.82 Å². The topological polar surface area (TPSA) is 34.1 Å². The number of hydrogen-bond acceptors (Lipinski definition) is 3. The quantitative estimate of drug-likeness (QED) is 0.875. The fourth-order valence-corrected chi connectivity index (χ4v) is 1.94. The van der Waals surface area contributed by atoms with E-state index < -0.39 is 0 Å². The second-order valence-corrected chi connectivity index (χ2v) is 4.55. The molecule has 1 N–H and O–H groups in total. The van der Waals surface area contributed by atoms with Gasteiger partial charge < -0.3 is 10.1 Å². The first-order valence-corrected chi connectivity index (χ1v) is 6.41. The number of aromatic nitrogens is 1. The van der Waals surface area contributed by atoms with Gasteiger partial charge in [0, 0.05) is 18.0 Å². The van der Waals surface area contributed by atoms with Crippen molar-refractivity contribution in [2.75, 3.05) is 18.5 Å². The van der Waals surface area contributed by atoms with Gasteiger partial charge in [-0.25, -0.2) is 4.98 Å². The maximum absolute atomic E-state index is 5.40. The zero-order valence-electron chi connectivity index (χ0n) is 11.2. The third-order valence-corrected chi connectivity index (χ3v) is 2.87. The van der Waals surface area contributed by atoms with Crippen LogP contribution in [0.1, 0.15) is 19.4 Å². The largest absolute Gasteiger partial charge is 0.380 e. The van der Waals surface area contributed by atoms with Crippen molar-refractivity contribution in [2.45, 2.75) is 26.8 Å². The minimum Gasteiger partial charge on any atom is -0.380 e. The van der Waals surface area contributed by atoms with Gasteiger partial charge in [-0.2, -0.15) is 0 Å². The van der Waals surface area contributed by atoms with Crippen LogP contribution in [0.3, 0.4) is 0 Å². The van der Waals surface area contributed by atoms with Gasteiger partial charge in [-0.1, -0.05) is 18.2 Å². The van der Waals surface area contributed by atoms with Crippen molar-refractivity contribution in [3.05, 3.63) is 35.9 Å². The Kier molecular flexibility index (Phi) is 4.15. The number of anilines is 1. The standard InChI is InChI=1S/C15H20N2O/c1-4-18-10-12(3)16-15-11(2)9-13-7-5-6-8-14(13)17-15/h5-9,12H,4,10H2,1-3H3,(H,16,17). The first-order valence-electron chi connectivity index (χ1n) is 6.41. The van der Waals surface area contributed by atoms with Gasteiger partial charge in [0.15, 0.2) is 0 Å². The van der Waals surface area contributed by atoms with Crippen molar-refractivity contribution < 1.29 is 4.74 Å². The van der Waals surface area contributed by atoms with Crippen LogP contribution < -0.4 is 5.32 Å². The molecule has 0 aliphatic carbocycles. The fraction of sp³-hybridized carbons (Fsp3) is 0.400. The summed E-state index contributed by atoms with van der Waals surface area (Å²) in [5, 5.41) is 4.58. The van der Waals surface area contributed by atoms with Crippen molar-refractivity contribution in [1.29, 1.82) is 0 Å². The lowest BCUT2D eigenvalue weighted by Crippen LogP contribution is -2.22. The van der Waals surface area contributed by atoms with Gasteiger partial charge in [0.25, 0.3) is 0 Å². The SMILES string of the molecule is CCOCC(C)Nc1nc2ccccc2cc1C. The second kappa shape index (κ2) is 5.83. The Labute approximate surface area is 108 Å². The van der Waals surface area contributed by atoms with Crippen molar-refractivity contribution in [3.8, 4) is 0 Å². The average molecular weight is 244 g/mol. The van der Waals surface area contributed by atoms with Crippen molar-refractivity contribution >= 4 is 16.7 Å². The van der Waals surface area contributed by atoms with Gasteiger partial charge in [-0.15, -0.1) is 0 Å². The van der Waals surface area contributed by atoms with Crippen molar-refractivity contribution in [2.24, 2.45) is 0 Å². The number of rotatable bonds is 5. The molecule has 0 aliphatic heterocycles. The Bertz CT molecular complexity index is 525. The lowest BCUT2D eigenvalue weighted by atomic mass is 10.1. The molecule has 3 nitrogen and oxygen atoms in total. The molecule has 0 spiro atoms. The summed E-state index contributed by atoms with van der Waals surface area (Å²) in [5.41, 5.74) is 2.19. The van der Waals surface area contributed by atoms with Crippen LogP contribution in [0, 0.1) is 6.92 Å². The van der Waals surface area contributed by atoms with Crippen LogP contribution in [0.2, 0.25) is 0 Å². The molecule has 1 atom stereocenters. The molecule has 1 heterocycles. The van der Waals surface area contributed by atoms with E-state index >= 15 is 0 Å². The number of pyridine rings is 1. The van der Waals surface area contributed by atoms with E-state index in [0.717, 1.165) is 23.5 Å². The van der Waals surface area contributed by atoms with Gasteiger partial charge in [-0.3, -0.25) is 0 Å². The zero-order chi connectivity index (χ0) is 13.0. The molecular formula is C15H20N2O. The Morgan fingerprint density at radius 2 is 2.11 bits per heavy atom. The van der Waals surface area contributed by atoms with E-state index in [0.29, 0.717) is 6.61 Å². The first-order chi connectivity index (χ1) is 8.70. The summed E-state index contributed by atoms with van der Waals surface area (Å²) in [7, 11) is 0. The van der Waals surface area contributed by atoms with E-state index in [4.69, 9.17) is 4.74 Å². The van der Waals surface area contributed by atoms with Crippen molar-refractivity contribution in [3.63, 3.8) is 0 Å². The third-order valence-electron chi connectivity index (χ3n) is 2.87. The van der Waals surface area contributed by atoms with E-state index in [1.807, 2.05) is 25.1 Å². The van der Waals surface area contributed by atoms with Crippen molar-refractivity contribution in [1.82, 2.24) is 4.98 Å². The van der Waals surface area contributed by atoms with E-state index in [1.54, 1.807) is 0 Å². The third kappa shape index (κ3) is 2.99. The minimum absolute atomic E-state index is 0.261. The summed E-state index contributed by atoms with van der Waals surface area (Å²) in [4.78, 5) is 4.66. The van der Waals surface area contributed by atoms with Crippen LogP contribution in [-0.4, -0.2) is 24.2 Å². The number of nitrogens with one attached hydrogen (secondary N) is 1. The summed E-state index contributed by atoms with van der Waals surface area (Å²) in [6.45, 7) is 7.63. The lowest BCUT2D eigenvalue weighted by molar-refractivity contribution is 0.141. The smallest absolute Gasteiger partial charge is 0.129 e. The fourth-order valence-electron chi connectivity index (χ4n) is 1.94. The number of para-hydroxylation sites is 1. The van der Waals surface area contributed by atoms with Crippen LogP contribution in [0.5, 0.6) is 0 Å². The Morgan fingerprint density at radius 1 is 1.33 bits per heavy atom. The summed E-state index contributed by atoms with van der Waals surface area (Å²) >= 11 is 0. The predicted octanol–water partition coefficient (Wildman–Crippen LogP) is 3.38. The normalized spacial score (nSPS) is 12.6.